The molecule has 0 aliphatic carbocycles. The van der Waals surface area contributed by atoms with Crippen molar-refractivity contribution in [2.45, 2.75) is 32.4 Å². The molecule has 0 aromatic rings. The van der Waals surface area contributed by atoms with Gasteiger partial charge < -0.3 is 14.0 Å². The fourth-order valence-corrected chi connectivity index (χ4v) is 0.925. The molecule has 0 bridgehead atoms. The lowest BCUT2D eigenvalue weighted by Crippen LogP contribution is -2.39. The lowest BCUT2D eigenvalue weighted by Gasteiger charge is -2.21. The van der Waals surface area contributed by atoms with Crippen LogP contribution in [0.2, 0.25) is 0 Å². The molecule has 0 aliphatic heterocycles. The van der Waals surface area contributed by atoms with Crippen LogP contribution in [-0.2, 0) is 29.2 Å². The van der Waals surface area contributed by atoms with Gasteiger partial charge in [-0.25, -0.2) is 13.2 Å². The molecule has 112 valence electrons. The van der Waals surface area contributed by atoms with Crippen molar-refractivity contribution in [2.24, 2.45) is 5.41 Å². The Hall–Kier alpha value is -1.29. The van der Waals surface area contributed by atoms with Crippen LogP contribution >= 0.6 is 0 Å². The van der Waals surface area contributed by atoms with E-state index < -0.39 is 39.5 Å². The van der Waals surface area contributed by atoms with E-state index in [0.717, 1.165) is 0 Å². The van der Waals surface area contributed by atoms with Crippen LogP contribution in [0, 0.1) is 5.41 Å². The maximum absolute atomic E-state index is 12.6. The number of alkyl halides is 2. The fourth-order valence-electron chi connectivity index (χ4n) is 0.662. The summed E-state index contributed by atoms with van der Waals surface area (Å²) in [7, 11) is -6.18. The van der Waals surface area contributed by atoms with Crippen LogP contribution in [0.1, 0.15) is 27.2 Å². The Morgan fingerprint density at radius 1 is 1.16 bits per heavy atom. The van der Waals surface area contributed by atoms with E-state index in [2.05, 4.69) is 9.47 Å². The normalized spacial score (nSPS) is 12.9. The minimum atomic E-state index is -6.18. The molecule has 0 aromatic carbocycles. The molecule has 0 atom stereocenters. The van der Waals surface area contributed by atoms with Crippen LogP contribution in [0.25, 0.3) is 0 Å². The lowest BCUT2D eigenvalue weighted by molar-refractivity contribution is -0.183. The van der Waals surface area contributed by atoms with E-state index in [1.165, 1.54) is 13.8 Å². The smallest absolute Gasteiger partial charge is 0.429 e. The van der Waals surface area contributed by atoms with Gasteiger partial charge in [-0.2, -0.15) is 8.78 Å². The summed E-state index contributed by atoms with van der Waals surface area (Å²) in [4.78, 5) is 22.0. The predicted octanol–water partition coefficient (Wildman–Crippen LogP) is 0.605. The number of hydrogen-bond donors (Lipinski definition) is 0. The Kier molecular flexibility index (Phi) is 5.39. The van der Waals surface area contributed by atoms with Crippen molar-refractivity contribution in [1.82, 2.24) is 0 Å². The Balaban J connectivity index is 4.47. The zero-order chi connectivity index (χ0) is 15.5. The van der Waals surface area contributed by atoms with Gasteiger partial charge >= 0.3 is 17.2 Å². The molecule has 19 heavy (non-hydrogen) atoms. The molecule has 7 nitrogen and oxygen atoms in total. The van der Waals surface area contributed by atoms with E-state index in [1.54, 1.807) is 6.92 Å². The van der Waals surface area contributed by atoms with Crippen LogP contribution in [0.4, 0.5) is 8.78 Å². The van der Waals surface area contributed by atoms with Gasteiger partial charge in [0.05, 0.1) is 5.41 Å². The van der Waals surface area contributed by atoms with E-state index in [9.17, 15) is 31.3 Å². The molecule has 0 amide bonds. The van der Waals surface area contributed by atoms with Crippen LogP contribution in [-0.4, -0.2) is 37.0 Å². The monoisotopic (exact) mass is 303 g/mol. The highest BCUT2D eigenvalue weighted by molar-refractivity contribution is 7.87. The highest BCUT2D eigenvalue weighted by atomic mass is 32.2. The van der Waals surface area contributed by atoms with E-state index in [-0.39, 0.29) is 0 Å². The van der Waals surface area contributed by atoms with Gasteiger partial charge in [-0.3, -0.25) is 4.79 Å². The Bertz CT molecular complexity index is 455. The molecule has 0 rings (SSSR count). The van der Waals surface area contributed by atoms with Crippen LogP contribution in [0.5, 0.6) is 0 Å². The maximum Gasteiger partial charge on any atom is 0.429 e. The molecule has 0 aliphatic rings. The predicted molar refractivity (Wildman–Crippen MR) is 55.8 cm³/mol. The van der Waals surface area contributed by atoms with Crippen molar-refractivity contribution in [3.8, 4) is 0 Å². The van der Waals surface area contributed by atoms with Gasteiger partial charge in [0.25, 0.3) is 0 Å². The third-order valence-electron chi connectivity index (χ3n) is 2.37. The zero-order valence-electron chi connectivity index (χ0n) is 10.4. The Labute approximate surface area is 108 Å². The van der Waals surface area contributed by atoms with Crippen LogP contribution in [0.3, 0.4) is 0 Å². The standard InChI is InChI=1S/C9H14F2O7S/c1-4-8(2,3)6(12)17-5-18-7(13)9(10,11)19(14,15)16/h4-5H2,1-3H3,(H,14,15,16)/p-1. The molecule has 0 spiro atoms. The molecule has 0 radical (unpaired) electrons. The minimum Gasteiger partial charge on any atom is -0.743 e. The van der Waals surface area contributed by atoms with Crippen molar-refractivity contribution in [1.29, 1.82) is 0 Å². The first-order valence-electron chi connectivity index (χ1n) is 5.04. The topological polar surface area (TPSA) is 110 Å². The summed E-state index contributed by atoms with van der Waals surface area (Å²) in [5.74, 6) is -3.42. The van der Waals surface area contributed by atoms with Gasteiger partial charge in [0.1, 0.15) is 0 Å². The molecule has 0 unspecified atom stereocenters. The van der Waals surface area contributed by atoms with E-state index in [1.807, 2.05) is 0 Å². The average molecular weight is 303 g/mol. The third-order valence-corrected chi connectivity index (χ3v) is 3.16. The molecule has 0 aromatic heterocycles. The molecular weight excluding hydrogens is 290 g/mol. The Morgan fingerprint density at radius 3 is 1.95 bits per heavy atom. The van der Waals surface area contributed by atoms with Crippen molar-refractivity contribution < 1.29 is 40.8 Å². The number of carbonyl (C=O) groups is 2. The first-order chi connectivity index (χ1) is 8.36. The van der Waals surface area contributed by atoms with E-state index in [4.69, 9.17) is 0 Å². The van der Waals surface area contributed by atoms with E-state index in [0.29, 0.717) is 6.42 Å². The third kappa shape index (κ3) is 4.39. The van der Waals surface area contributed by atoms with Crippen LogP contribution < -0.4 is 0 Å². The SMILES string of the molecule is CCC(C)(C)C(=O)OCOC(=O)C(F)(F)S(=O)(=O)[O-]. The molecular formula is C9H13F2O7S-. The fraction of sp³-hybridized carbons (Fsp3) is 0.778. The molecule has 0 N–H and O–H groups in total. The van der Waals surface area contributed by atoms with Gasteiger partial charge in [0.2, 0.25) is 6.79 Å². The molecule has 0 heterocycles. The summed E-state index contributed by atoms with van der Waals surface area (Å²) in [6.45, 7) is 3.49. The summed E-state index contributed by atoms with van der Waals surface area (Å²) in [5.41, 5.74) is -0.917. The largest absolute Gasteiger partial charge is 0.743 e. The summed E-state index contributed by atoms with van der Waals surface area (Å²) in [6, 6.07) is 0. The second kappa shape index (κ2) is 5.78. The summed E-state index contributed by atoms with van der Waals surface area (Å²) in [6.07, 6.45) is 0.380. The Morgan fingerprint density at radius 2 is 1.58 bits per heavy atom. The van der Waals surface area contributed by atoms with E-state index >= 15 is 0 Å². The number of esters is 2. The summed E-state index contributed by atoms with van der Waals surface area (Å²) < 4.78 is 63.6. The van der Waals surface area contributed by atoms with Gasteiger partial charge in [-0.15, -0.1) is 0 Å². The highest BCUT2D eigenvalue weighted by Gasteiger charge is 2.48. The second-order valence-corrected chi connectivity index (χ2v) is 5.61. The molecule has 0 fully saturated rings. The lowest BCUT2D eigenvalue weighted by atomic mass is 9.91. The van der Waals surface area contributed by atoms with Crippen LogP contribution in [0.15, 0.2) is 0 Å². The first kappa shape index (κ1) is 17.7. The van der Waals surface area contributed by atoms with Gasteiger partial charge in [0, 0.05) is 0 Å². The zero-order valence-corrected chi connectivity index (χ0v) is 11.3. The first-order valence-corrected chi connectivity index (χ1v) is 6.44. The van der Waals surface area contributed by atoms with Crippen molar-refractivity contribution >= 4 is 22.1 Å². The summed E-state index contributed by atoms with van der Waals surface area (Å²) >= 11 is 0. The number of halogens is 2. The number of rotatable bonds is 6. The molecule has 10 heteroatoms. The maximum atomic E-state index is 12.6. The number of carbonyl (C=O) groups excluding carboxylic acids is 2. The number of hydrogen-bond acceptors (Lipinski definition) is 7. The van der Waals surface area contributed by atoms with Crippen molar-refractivity contribution in [2.75, 3.05) is 6.79 Å². The average Bonchev–Trinajstić information content (AvgIpc) is 2.26. The second-order valence-electron chi connectivity index (χ2n) is 4.19. The minimum absolute atomic E-state index is 0.380. The summed E-state index contributed by atoms with van der Waals surface area (Å²) in [5, 5.41) is -5.22. The van der Waals surface area contributed by atoms with Gasteiger partial charge in [-0.1, -0.05) is 6.92 Å². The quantitative estimate of drug-likeness (QED) is 0.401. The molecule has 0 saturated heterocycles. The molecule has 0 saturated carbocycles. The van der Waals surface area contributed by atoms with Crippen molar-refractivity contribution in [3.63, 3.8) is 0 Å². The van der Waals surface area contributed by atoms with Gasteiger partial charge in [0.15, 0.2) is 10.1 Å². The highest BCUT2D eigenvalue weighted by Crippen LogP contribution is 2.23. The number of ether oxygens (including phenoxy) is 2. The van der Waals surface area contributed by atoms with Crippen molar-refractivity contribution in [3.05, 3.63) is 0 Å². The van der Waals surface area contributed by atoms with Gasteiger partial charge in [-0.05, 0) is 20.3 Å².